The van der Waals surface area contributed by atoms with E-state index in [9.17, 15) is 4.79 Å². The van der Waals surface area contributed by atoms with E-state index >= 15 is 0 Å². The minimum atomic E-state index is -0.141. The molecule has 1 aliphatic rings. The van der Waals surface area contributed by atoms with Gasteiger partial charge in [-0.3, -0.25) is 4.79 Å². The summed E-state index contributed by atoms with van der Waals surface area (Å²) in [5.74, 6) is 0.0731. The number of rotatable bonds is 3. The first-order chi connectivity index (χ1) is 9.24. The van der Waals surface area contributed by atoms with Crippen molar-refractivity contribution in [2.45, 2.75) is 25.9 Å². The SMILES string of the molecule is Cc1ccsc1CNC(=O)[C@@H]1Cc2ccccc2N1. The Bertz CT molecular complexity index is 581. The molecule has 4 heteroatoms. The second kappa shape index (κ2) is 5.05. The average molecular weight is 272 g/mol. The zero-order valence-electron chi connectivity index (χ0n) is 10.8. The van der Waals surface area contributed by atoms with Crippen LogP contribution in [0.5, 0.6) is 0 Å². The number of anilines is 1. The molecule has 0 unspecified atom stereocenters. The lowest BCUT2D eigenvalue weighted by molar-refractivity contribution is -0.121. The zero-order valence-corrected chi connectivity index (χ0v) is 11.6. The quantitative estimate of drug-likeness (QED) is 0.902. The van der Waals surface area contributed by atoms with E-state index in [-0.39, 0.29) is 11.9 Å². The second-order valence-electron chi connectivity index (χ2n) is 4.80. The molecule has 0 saturated heterocycles. The Morgan fingerprint density at radius 3 is 3.00 bits per heavy atom. The van der Waals surface area contributed by atoms with Gasteiger partial charge in [0, 0.05) is 17.0 Å². The Hall–Kier alpha value is -1.81. The molecule has 0 spiro atoms. The molecule has 1 aliphatic heterocycles. The van der Waals surface area contributed by atoms with Gasteiger partial charge < -0.3 is 10.6 Å². The van der Waals surface area contributed by atoms with Crippen LogP contribution < -0.4 is 10.6 Å². The van der Waals surface area contributed by atoms with Crippen molar-refractivity contribution < 1.29 is 4.79 Å². The van der Waals surface area contributed by atoms with Crippen molar-refractivity contribution in [1.29, 1.82) is 0 Å². The highest BCUT2D eigenvalue weighted by Crippen LogP contribution is 2.25. The first-order valence-electron chi connectivity index (χ1n) is 6.39. The molecule has 1 aromatic carbocycles. The zero-order chi connectivity index (χ0) is 13.2. The standard InChI is InChI=1S/C15H16N2OS/c1-10-6-7-19-14(10)9-16-15(18)13-8-11-4-2-3-5-12(11)17-13/h2-7,13,17H,8-9H2,1H3,(H,16,18)/t13-/m0/s1. The van der Waals surface area contributed by atoms with Gasteiger partial charge in [-0.05, 0) is 35.6 Å². The number of hydrogen-bond acceptors (Lipinski definition) is 3. The summed E-state index contributed by atoms with van der Waals surface area (Å²) >= 11 is 1.69. The lowest BCUT2D eigenvalue weighted by atomic mass is 10.1. The largest absolute Gasteiger partial charge is 0.373 e. The summed E-state index contributed by atoms with van der Waals surface area (Å²) in [5, 5.41) is 8.34. The van der Waals surface area contributed by atoms with Crippen LogP contribution in [-0.2, 0) is 17.8 Å². The van der Waals surface area contributed by atoms with E-state index in [0.29, 0.717) is 6.54 Å². The highest BCUT2D eigenvalue weighted by molar-refractivity contribution is 7.10. The van der Waals surface area contributed by atoms with Crippen LogP contribution in [0, 0.1) is 6.92 Å². The fraction of sp³-hybridized carbons (Fsp3) is 0.267. The number of amides is 1. The highest BCUT2D eigenvalue weighted by Gasteiger charge is 2.25. The Balaban J connectivity index is 1.60. The maximum Gasteiger partial charge on any atom is 0.243 e. The summed E-state index contributed by atoms with van der Waals surface area (Å²) in [7, 11) is 0. The predicted octanol–water partition coefficient (Wildman–Crippen LogP) is 2.71. The maximum absolute atomic E-state index is 12.2. The lowest BCUT2D eigenvalue weighted by Crippen LogP contribution is -2.37. The summed E-state index contributed by atoms with van der Waals surface area (Å²) in [4.78, 5) is 13.4. The second-order valence-corrected chi connectivity index (χ2v) is 5.80. The Kier molecular flexibility index (Phi) is 3.25. The minimum absolute atomic E-state index is 0.0731. The molecule has 0 saturated carbocycles. The molecule has 98 valence electrons. The number of benzene rings is 1. The van der Waals surface area contributed by atoms with E-state index in [1.165, 1.54) is 16.0 Å². The smallest absolute Gasteiger partial charge is 0.243 e. The summed E-state index contributed by atoms with van der Waals surface area (Å²) < 4.78 is 0. The van der Waals surface area contributed by atoms with E-state index in [0.717, 1.165) is 12.1 Å². The number of thiophene rings is 1. The van der Waals surface area contributed by atoms with Crippen molar-refractivity contribution in [3.63, 3.8) is 0 Å². The number of carbonyl (C=O) groups excluding carboxylic acids is 1. The van der Waals surface area contributed by atoms with Gasteiger partial charge in [-0.2, -0.15) is 0 Å². The van der Waals surface area contributed by atoms with Gasteiger partial charge >= 0.3 is 0 Å². The predicted molar refractivity (Wildman–Crippen MR) is 78.5 cm³/mol. The van der Waals surface area contributed by atoms with E-state index in [1.807, 2.05) is 18.2 Å². The highest BCUT2D eigenvalue weighted by atomic mass is 32.1. The molecule has 0 radical (unpaired) electrons. The van der Waals surface area contributed by atoms with Crippen LogP contribution in [0.25, 0.3) is 0 Å². The molecule has 2 N–H and O–H groups in total. The molecule has 1 aromatic heterocycles. The van der Waals surface area contributed by atoms with E-state index in [2.05, 4.69) is 35.1 Å². The number of nitrogens with one attached hydrogen (secondary N) is 2. The molecule has 1 atom stereocenters. The molecule has 2 aromatic rings. The van der Waals surface area contributed by atoms with Gasteiger partial charge in [0.25, 0.3) is 0 Å². The number of fused-ring (bicyclic) bond motifs is 1. The fourth-order valence-electron chi connectivity index (χ4n) is 2.33. The number of hydrogen-bond donors (Lipinski definition) is 2. The van der Waals surface area contributed by atoms with Crippen LogP contribution in [-0.4, -0.2) is 11.9 Å². The van der Waals surface area contributed by atoms with Gasteiger partial charge in [0.15, 0.2) is 0 Å². The van der Waals surface area contributed by atoms with Crippen molar-refractivity contribution >= 4 is 22.9 Å². The monoisotopic (exact) mass is 272 g/mol. The lowest BCUT2D eigenvalue weighted by Gasteiger charge is -2.11. The van der Waals surface area contributed by atoms with Crippen LogP contribution in [0.4, 0.5) is 5.69 Å². The third-order valence-electron chi connectivity index (χ3n) is 3.48. The molecule has 0 fully saturated rings. The van der Waals surface area contributed by atoms with E-state index < -0.39 is 0 Å². The van der Waals surface area contributed by atoms with Gasteiger partial charge in [-0.15, -0.1) is 11.3 Å². The molecular formula is C15H16N2OS. The molecule has 0 bridgehead atoms. The van der Waals surface area contributed by atoms with Crippen molar-refractivity contribution in [3.05, 3.63) is 51.7 Å². The van der Waals surface area contributed by atoms with Crippen molar-refractivity contribution in [1.82, 2.24) is 5.32 Å². The topological polar surface area (TPSA) is 41.1 Å². The summed E-state index contributed by atoms with van der Waals surface area (Å²) in [6.45, 7) is 2.69. The van der Waals surface area contributed by atoms with E-state index in [1.54, 1.807) is 11.3 Å². The fourth-order valence-corrected chi connectivity index (χ4v) is 3.18. The van der Waals surface area contributed by atoms with Gasteiger partial charge in [0.1, 0.15) is 6.04 Å². The molecule has 0 aliphatic carbocycles. The van der Waals surface area contributed by atoms with Gasteiger partial charge in [-0.25, -0.2) is 0 Å². The first kappa shape index (κ1) is 12.2. The molecule has 2 heterocycles. The van der Waals surface area contributed by atoms with Gasteiger partial charge in [0.2, 0.25) is 5.91 Å². The summed E-state index contributed by atoms with van der Waals surface area (Å²) in [6.07, 6.45) is 0.769. The Morgan fingerprint density at radius 1 is 1.42 bits per heavy atom. The first-order valence-corrected chi connectivity index (χ1v) is 7.27. The van der Waals surface area contributed by atoms with Crippen LogP contribution in [0.15, 0.2) is 35.7 Å². The molecule has 3 nitrogen and oxygen atoms in total. The maximum atomic E-state index is 12.2. The Morgan fingerprint density at radius 2 is 2.26 bits per heavy atom. The number of para-hydroxylation sites is 1. The van der Waals surface area contributed by atoms with Crippen LogP contribution >= 0.6 is 11.3 Å². The van der Waals surface area contributed by atoms with Crippen LogP contribution in [0.2, 0.25) is 0 Å². The van der Waals surface area contributed by atoms with Crippen molar-refractivity contribution in [3.8, 4) is 0 Å². The van der Waals surface area contributed by atoms with Crippen LogP contribution in [0.3, 0.4) is 0 Å². The van der Waals surface area contributed by atoms with Gasteiger partial charge in [-0.1, -0.05) is 18.2 Å². The van der Waals surface area contributed by atoms with E-state index in [4.69, 9.17) is 0 Å². The van der Waals surface area contributed by atoms with Crippen molar-refractivity contribution in [2.75, 3.05) is 5.32 Å². The number of carbonyl (C=O) groups is 1. The molecular weight excluding hydrogens is 256 g/mol. The minimum Gasteiger partial charge on any atom is -0.373 e. The third-order valence-corrected chi connectivity index (χ3v) is 4.50. The average Bonchev–Trinajstić information content (AvgIpc) is 3.01. The third kappa shape index (κ3) is 2.49. The molecule has 19 heavy (non-hydrogen) atoms. The van der Waals surface area contributed by atoms with Crippen molar-refractivity contribution in [2.24, 2.45) is 0 Å². The van der Waals surface area contributed by atoms with Gasteiger partial charge in [0.05, 0.1) is 6.54 Å². The number of aryl methyl sites for hydroxylation is 1. The van der Waals surface area contributed by atoms with Crippen LogP contribution in [0.1, 0.15) is 16.0 Å². The molecule has 3 rings (SSSR count). The summed E-state index contributed by atoms with van der Waals surface area (Å²) in [6, 6.07) is 10.0. The summed E-state index contributed by atoms with van der Waals surface area (Å²) in [5.41, 5.74) is 3.54. The molecule has 1 amide bonds. The Labute approximate surface area is 116 Å². The normalized spacial score (nSPS) is 16.8.